The Labute approximate surface area is 130 Å². The van der Waals surface area contributed by atoms with Gasteiger partial charge >= 0.3 is 0 Å². The summed E-state index contributed by atoms with van der Waals surface area (Å²) in [6, 6.07) is 3.23. The number of hydrogen-bond acceptors (Lipinski definition) is 5. The molecule has 3 rings (SSSR count). The molecule has 1 N–H and O–H groups in total. The number of thiazole rings is 1. The lowest BCUT2D eigenvalue weighted by Gasteiger charge is -2.14. The molecule has 0 saturated carbocycles. The zero-order valence-corrected chi connectivity index (χ0v) is 12.8. The van der Waals surface area contributed by atoms with E-state index in [1.165, 1.54) is 17.5 Å². The number of nitrogens with one attached hydrogen (secondary N) is 1. The highest BCUT2D eigenvalue weighted by Gasteiger charge is 2.27. The van der Waals surface area contributed by atoms with Gasteiger partial charge in [-0.25, -0.2) is 9.97 Å². The highest BCUT2D eigenvalue weighted by Crippen LogP contribution is 2.32. The third-order valence-electron chi connectivity index (χ3n) is 3.25. The summed E-state index contributed by atoms with van der Waals surface area (Å²) in [5, 5.41) is 3.25. The van der Waals surface area contributed by atoms with Gasteiger partial charge in [0.15, 0.2) is 10.9 Å². The molecule has 0 unspecified atom stereocenters. The smallest absolute Gasteiger partial charge is 0.260 e. The zero-order valence-electron chi connectivity index (χ0n) is 11.2. The van der Waals surface area contributed by atoms with Gasteiger partial charge in [-0.1, -0.05) is 29.9 Å². The van der Waals surface area contributed by atoms with Crippen molar-refractivity contribution in [2.24, 2.45) is 5.92 Å². The normalized spacial score (nSPS) is 17.4. The number of pyridine rings is 1. The minimum atomic E-state index is -0.375. The second kappa shape index (κ2) is 5.54. The quantitative estimate of drug-likeness (QED) is 0.862. The minimum absolute atomic E-state index is 0.0983. The fourth-order valence-electron chi connectivity index (χ4n) is 2.29. The fourth-order valence-corrected chi connectivity index (χ4v) is 3.43. The summed E-state index contributed by atoms with van der Waals surface area (Å²) in [4.78, 5) is 33.0. The molecule has 2 aromatic rings. The molecule has 5 nitrogen and oxygen atoms in total. The molecule has 7 heteroatoms. The summed E-state index contributed by atoms with van der Waals surface area (Å²) >= 11 is 7.10. The van der Waals surface area contributed by atoms with E-state index in [-0.39, 0.29) is 22.4 Å². The average Bonchev–Trinajstić information content (AvgIpc) is 2.81. The van der Waals surface area contributed by atoms with Crippen LogP contribution < -0.4 is 5.32 Å². The third kappa shape index (κ3) is 2.82. The largest absolute Gasteiger partial charge is 0.298 e. The van der Waals surface area contributed by atoms with E-state index < -0.39 is 0 Å². The molecule has 0 radical (unpaired) electrons. The van der Waals surface area contributed by atoms with Gasteiger partial charge in [-0.05, 0) is 24.5 Å². The molecule has 0 spiro atoms. The molecule has 2 heterocycles. The number of anilines is 1. The first-order valence-electron chi connectivity index (χ1n) is 6.49. The molecule has 2 aromatic heterocycles. The van der Waals surface area contributed by atoms with Gasteiger partial charge in [0.2, 0.25) is 0 Å². The number of rotatable bonds is 2. The number of Topliss-reactive ketones (excluding diaryl/α,β-unsaturated/α-hetero) is 1. The topological polar surface area (TPSA) is 72.0 Å². The molecule has 1 aliphatic rings. The number of hydrogen-bond donors (Lipinski definition) is 1. The van der Waals surface area contributed by atoms with E-state index in [0.29, 0.717) is 22.3 Å². The molecular formula is C14H12ClN3O2S. The Morgan fingerprint density at radius 3 is 3.05 bits per heavy atom. The van der Waals surface area contributed by atoms with E-state index >= 15 is 0 Å². The Hall–Kier alpha value is -1.79. The highest BCUT2D eigenvalue weighted by molar-refractivity contribution is 7.17. The zero-order chi connectivity index (χ0) is 15.0. The summed E-state index contributed by atoms with van der Waals surface area (Å²) < 4.78 is 0. The van der Waals surface area contributed by atoms with Crippen molar-refractivity contribution >= 4 is 39.8 Å². The van der Waals surface area contributed by atoms with Crippen LogP contribution in [0.4, 0.5) is 5.13 Å². The predicted octanol–water partition coefficient (Wildman–Crippen LogP) is 3.21. The summed E-state index contributed by atoms with van der Waals surface area (Å²) in [5.41, 5.74) is 1.06. The van der Waals surface area contributed by atoms with Crippen LogP contribution in [0.15, 0.2) is 18.3 Å². The fraction of sp³-hybridized carbons (Fsp3) is 0.286. The lowest BCUT2D eigenvalue weighted by atomic mass is 9.92. The molecule has 0 aromatic carbocycles. The van der Waals surface area contributed by atoms with Crippen molar-refractivity contribution < 1.29 is 9.59 Å². The molecule has 0 saturated heterocycles. The van der Waals surface area contributed by atoms with Crippen LogP contribution in [0.25, 0.3) is 0 Å². The van der Waals surface area contributed by atoms with E-state index in [1.807, 2.05) is 6.92 Å². The first kappa shape index (κ1) is 14.2. The number of fused-ring (bicyclic) bond motifs is 1. The summed E-state index contributed by atoms with van der Waals surface area (Å²) in [6.07, 6.45) is 2.82. The van der Waals surface area contributed by atoms with Gasteiger partial charge in [0, 0.05) is 12.6 Å². The van der Waals surface area contributed by atoms with Crippen LogP contribution in [0, 0.1) is 5.92 Å². The Balaban J connectivity index is 1.84. The van der Waals surface area contributed by atoms with Gasteiger partial charge in [-0.3, -0.25) is 14.9 Å². The minimum Gasteiger partial charge on any atom is -0.298 e. The molecule has 1 amide bonds. The van der Waals surface area contributed by atoms with Crippen molar-refractivity contribution in [2.75, 3.05) is 5.32 Å². The van der Waals surface area contributed by atoms with Crippen LogP contribution >= 0.6 is 22.9 Å². The van der Waals surface area contributed by atoms with Crippen LogP contribution in [0.2, 0.25) is 5.15 Å². The van der Waals surface area contributed by atoms with E-state index in [1.54, 1.807) is 12.1 Å². The second-order valence-corrected chi connectivity index (χ2v) is 6.38. The highest BCUT2D eigenvalue weighted by atomic mass is 35.5. The number of ketones is 1. The maximum absolute atomic E-state index is 12.1. The Kier molecular flexibility index (Phi) is 3.73. The van der Waals surface area contributed by atoms with E-state index in [0.717, 1.165) is 12.1 Å². The monoisotopic (exact) mass is 321 g/mol. The van der Waals surface area contributed by atoms with Gasteiger partial charge in [0.1, 0.15) is 5.15 Å². The van der Waals surface area contributed by atoms with Crippen LogP contribution in [-0.4, -0.2) is 21.7 Å². The van der Waals surface area contributed by atoms with Gasteiger partial charge in [-0.15, -0.1) is 0 Å². The Morgan fingerprint density at radius 2 is 2.29 bits per heavy atom. The van der Waals surface area contributed by atoms with Gasteiger partial charge in [-0.2, -0.15) is 0 Å². The molecule has 0 bridgehead atoms. The maximum Gasteiger partial charge on any atom is 0.260 e. The first-order chi connectivity index (χ1) is 10.0. The van der Waals surface area contributed by atoms with Crippen LogP contribution in [0.1, 0.15) is 39.1 Å². The summed E-state index contributed by atoms with van der Waals surface area (Å²) in [5.74, 6) is 0.0178. The van der Waals surface area contributed by atoms with Gasteiger partial charge in [0.05, 0.1) is 16.1 Å². The molecule has 1 atom stereocenters. The maximum atomic E-state index is 12.1. The second-order valence-electron chi connectivity index (χ2n) is 5.03. The van der Waals surface area contributed by atoms with Crippen molar-refractivity contribution in [2.45, 2.75) is 19.8 Å². The average molecular weight is 322 g/mol. The standard InChI is InChI=1S/C14H12ClN3O2S/c1-7-5-9-11(10(19)6-7)21-14(17-9)18-13(20)8-3-2-4-16-12(8)15/h2-4,7H,5-6H2,1H3,(H,17,18,20)/t7-/m0/s1. The SMILES string of the molecule is C[C@@H]1CC(=O)c2sc(NC(=O)c3cccnc3Cl)nc2C1. The van der Waals surface area contributed by atoms with E-state index in [9.17, 15) is 9.59 Å². The van der Waals surface area contributed by atoms with E-state index in [4.69, 9.17) is 11.6 Å². The van der Waals surface area contributed by atoms with Crippen molar-refractivity contribution in [1.29, 1.82) is 0 Å². The molecule has 1 aliphatic carbocycles. The predicted molar refractivity (Wildman–Crippen MR) is 81.1 cm³/mol. The number of amides is 1. The molecule has 21 heavy (non-hydrogen) atoms. The van der Waals surface area contributed by atoms with Crippen molar-refractivity contribution in [3.05, 3.63) is 39.6 Å². The van der Waals surface area contributed by atoms with Crippen LogP contribution in [0.3, 0.4) is 0 Å². The lowest BCUT2D eigenvalue weighted by Crippen LogP contribution is -2.16. The molecule has 0 fully saturated rings. The summed E-state index contributed by atoms with van der Waals surface area (Å²) in [6.45, 7) is 2.02. The van der Waals surface area contributed by atoms with Crippen molar-refractivity contribution in [3.63, 3.8) is 0 Å². The Morgan fingerprint density at radius 1 is 1.48 bits per heavy atom. The van der Waals surface area contributed by atoms with Gasteiger partial charge < -0.3 is 0 Å². The number of carbonyl (C=O) groups is 2. The van der Waals surface area contributed by atoms with Crippen molar-refractivity contribution in [3.8, 4) is 0 Å². The molecule has 0 aliphatic heterocycles. The van der Waals surface area contributed by atoms with Gasteiger partial charge in [0.25, 0.3) is 5.91 Å². The van der Waals surface area contributed by atoms with E-state index in [2.05, 4.69) is 15.3 Å². The third-order valence-corrected chi connectivity index (χ3v) is 4.61. The number of halogens is 1. The Bertz CT molecular complexity index is 729. The first-order valence-corrected chi connectivity index (χ1v) is 7.69. The molecule has 108 valence electrons. The number of nitrogens with zero attached hydrogens (tertiary/aromatic N) is 2. The van der Waals surface area contributed by atoms with Crippen LogP contribution in [0.5, 0.6) is 0 Å². The number of aromatic nitrogens is 2. The lowest BCUT2D eigenvalue weighted by molar-refractivity contribution is 0.0956. The number of carbonyl (C=O) groups excluding carboxylic acids is 2. The van der Waals surface area contributed by atoms with Crippen LogP contribution in [-0.2, 0) is 6.42 Å². The van der Waals surface area contributed by atoms with Crippen molar-refractivity contribution in [1.82, 2.24) is 9.97 Å². The summed E-state index contributed by atoms with van der Waals surface area (Å²) in [7, 11) is 0. The molecular weight excluding hydrogens is 310 g/mol.